The number of nitrogens with one attached hydrogen (secondary N) is 2. The second-order valence-corrected chi connectivity index (χ2v) is 10.2. The molecule has 0 heterocycles. The average Bonchev–Trinajstić information content (AvgIpc) is 2.88. The summed E-state index contributed by atoms with van der Waals surface area (Å²) in [5.41, 5.74) is 1.40. The molecule has 0 aromatic heterocycles. The molecule has 0 atom stereocenters. The van der Waals surface area contributed by atoms with Crippen LogP contribution in [-0.2, 0) is 4.79 Å². The minimum atomic E-state index is -0.0435. The Morgan fingerprint density at radius 1 is 0.639 bits per heavy atom. The molecular weight excluding hydrogens is 446 g/mol. The van der Waals surface area contributed by atoms with Crippen molar-refractivity contribution in [3.63, 3.8) is 0 Å². The van der Waals surface area contributed by atoms with Crippen molar-refractivity contribution in [3.8, 4) is 0 Å². The minimum Gasteiger partial charge on any atom is -0.339 e. The number of benzene rings is 1. The van der Waals surface area contributed by atoms with Crippen molar-refractivity contribution in [1.29, 1.82) is 0 Å². The monoisotopic (exact) mass is 501 g/mol. The Hall–Kier alpha value is -1.88. The molecule has 0 unspecified atom stereocenters. The number of nitrogens with zero attached hydrogens (tertiary/aromatic N) is 1. The fraction of sp³-hybridized carbons (Fsp3) is 0.742. The van der Waals surface area contributed by atoms with Gasteiger partial charge in [0.25, 0.3) is 5.91 Å². The van der Waals surface area contributed by atoms with Gasteiger partial charge in [-0.1, -0.05) is 104 Å². The first kappa shape index (κ1) is 32.1. The first-order valence-electron chi connectivity index (χ1n) is 15.0. The van der Waals surface area contributed by atoms with E-state index in [9.17, 15) is 9.59 Å². The Kier molecular flexibility index (Phi) is 19.9. The van der Waals surface area contributed by atoms with Crippen molar-refractivity contribution >= 4 is 17.5 Å². The van der Waals surface area contributed by atoms with E-state index >= 15 is 0 Å². The van der Waals surface area contributed by atoms with E-state index in [0.717, 1.165) is 44.6 Å². The molecular formula is C31H55N3O2. The molecule has 0 bridgehead atoms. The van der Waals surface area contributed by atoms with Gasteiger partial charge in [-0.2, -0.15) is 0 Å². The van der Waals surface area contributed by atoms with E-state index in [1.807, 2.05) is 17.0 Å². The van der Waals surface area contributed by atoms with Crippen LogP contribution in [0.3, 0.4) is 0 Å². The van der Waals surface area contributed by atoms with Crippen molar-refractivity contribution < 1.29 is 9.59 Å². The van der Waals surface area contributed by atoms with Crippen LogP contribution < -0.4 is 10.6 Å². The van der Waals surface area contributed by atoms with Gasteiger partial charge in [-0.25, -0.2) is 0 Å². The predicted molar refractivity (Wildman–Crippen MR) is 155 cm³/mol. The average molecular weight is 502 g/mol. The summed E-state index contributed by atoms with van der Waals surface area (Å²) >= 11 is 0. The molecule has 1 rings (SSSR count). The molecule has 206 valence electrons. The molecule has 1 aromatic rings. The molecule has 1 aromatic carbocycles. The SMILES string of the molecule is CCCCCCCCCCCCCCCCNCC(=O)Nc1ccc(C(=O)N(CCC)CCC)cc1. The quantitative estimate of drug-likeness (QED) is 0.150. The molecule has 2 amide bonds. The minimum absolute atomic E-state index is 0.0435. The van der Waals surface area contributed by atoms with Gasteiger partial charge in [0, 0.05) is 24.3 Å². The van der Waals surface area contributed by atoms with E-state index in [-0.39, 0.29) is 11.8 Å². The second-order valence-electron chi connectivity index (χ2n) is 10.2. The molecule has 0 fully saturated rings. The fourth-order valence-corrected chi connectivity index (χ4v) is 4.59. The van der Waals surface area contributed by atoms with Crippen LogP contribution in [0.15, 0.2) is 24.3 Å². The van der Waals surface area contributed by atoms with Crippen molar-refractivity contribution in [1.82, 2.24) is 10.2 Å². The van der Waals surface area contributed by atoms with Crippen molar-refractivity contribution in [3.05, 3.63) is 29.8 Å². The molecule has 0 saturated heterocycles. The molecule has 0 aliphatic carbocycles. The molecule has 0 aliphatic heterocycles. The lowest BCUT2D eigenvalue weighted by molar-refractivity contribution is -0.115. The Balaban J connectivity index is 2.03. The zero-order valence-electron chi connectivity index (χ0n) is 23.7. The normalized spacial score (nSPS) is 11.0. The van der Waals surface area contributed by atoms with Crippen LogP contribution in [0.2, 0.25) is 0 Å². The number of anilines is 1. The number of amides is 2. The molecule has 5 nitrogen and oxygen atoms in total. The first-order valence-corrected chi connectivity index (χ1v) is 15.0. The third kappa shape index (κ3) is 16.0. The zero-order valence-corrected chi connectivity index (χ0v) is 23.7. The standard InChI is InChI=1S/C31H55N3O2/c1-4-7-8-9-10-11-12-13-14-15-16-17-18-19-24-32-27-30(35)33-29-22-20-28(21-23-29)31(36)34(25-5-2)26-6-3/h20-23,32H,4-19,24-27H2,1-3H3,(H,33,35). The Bertz CT molecular complexity index is 669. The maximum atomic E-state index is 12.7. The van der Waals surface area contributed by atoms with Gasteiger partial charge in [-0.3, -0.25) is 9.59 Å². The van der Waals surface area contributed by atoms with E-state index in [1.165, 1.54) is 83.5 Å². The summed E-state index contributed by atoms with van der Waals surface area (Å²) < 4.78 is 0. The molecule has 5 heteroatoms. The van der Waals surface area contributed by atoms with Crippen LogP contribution in [-0.4, -0.2) is 42.9 Å². The third-order valence-electron chi connectivity index (χ3n) is 6.68. The highest BCUT2D eigenvalue weighted by Gasteiger charge is 2.14. The summed E-state index contributed by atoms with van der Waals surface area (Å²) in [4.78, 5) is 26.8. The van der Waals surface area contributed by atoms with Crippen LogP contribution in [0.25, 0.3) is 0 Å². The highest BCUT2D eigenvalue weighted by molar-refractivity contribution is 5.96. The van der Waals surface area contributed by atoms with E-state index in [4.69, 9.17) is 0 Å². The number of carbonyl (C=O) groups excluding carboxylic acids is 2. The predicted octanol–water partition coefficient (Wildman–Crippen LogP) is 7.96. The molecule has 0 aliphatic rings. The summed E-state index contributed by atoms with van der Waals surface area (Å²) in [5.74, 6) is 0.0180. The summed E-state index contributed by atoms with van der Waals surface area (Å²) in [6.07, 6.45) is 20.9. The van der Waals surface area contributed by atoms with Gasteiger partial charge in [0.05, 0.1) is 6.54 Å². The van der Waals surface area contributed by atoms with E-state index < -0.39 is 0 Å². The highest BCUT2D eigenvalue weighted by Crippen LogP contribution is 2.14. The molecule has 36 heavy (non-hydrogen) atoms. The summed E-state index contributed by atoms with van der Waals surface area (Å²) in [7, 11) is 0. The Morgan fingerprint density at radius 3 is 1.58 bits per heavy atom. The fourth-order valence-electron chi connectivity index (χ4n) is 4.59. The summed E-state index contributed by atoms with van der Waals surface area (Å²) in [6.45, 7) is 9.19. The maximum Gasteiger partial charge on any atom is 0.253 e. The zero-order chi connectivity index (χ0) is 26.3. The smallest absolute Gasteiger partial charge is 0.253 e. The van der Waals surface area contributed by atoms with Gasteiger partial charge < -0.3 is 15.5 Å². The van der Waals surface area contributed by atoms with Crippen LogP contribution in [0, 0.1) is 0 Å². The second kappa shape index (κ2) is 22.3. The van der Waals surface area contributed by atoms with Crippen LogP contribution in [0.5, 0.6) is 0 Å². The van der Waals surface area contributed by atoms with Gasteiger partial charge >= 0.3 is 0 Å². The van der Waals surface area contributed by atoms with E-state index in [2.05, 4.69) is 31.4 Å². The van der Waals surface area contributed by atoms with Crippen LogP contribution in [0.4, 0.5) is 5.69 Å². The molecule has 0 radical (unpaired) electrons. The van der Waals surface area contributed by atoms with Crippen molar-refractivity contribution in [2.45, 2.75) is 124 Å². The maximum absolute atomic E-state index is 12.7. The first-order chi connectivity index (χ1) is 17.6. The highest BCUT2D eigenvalue weighted by atomic mass is 16.2. The number of hydrogen-bond acceptors (Lipinski definition) is 3. The molecule has 2 N–H and O–H groups in total. The largest absolute Gasteiger partial charge is 0.339 e. The number of hydrogen-bond donors (Lipinski definition) is 2. The van der Waals surface area contributed by atoms with Gasteiger partial charge in [0.1, 0.15) is 0 Å². The number of carbonyl (C=O) groups is 2. The van der Waals surface area contributed by atoms with Gasteiger partial charge in [0.2, 0.25) is 5.91 Å². The lowest BCUT2D eigenvalue weighted by Crippen LogP contribution is -2.32. The number of unbranched alkanes of at least 4 members (excludes halogenated alkanes) is 13. The van der Waals surface area contributed by atoms with Crippen LogP contribution >= 0.6 is 0 Å². The summed E-state index contributed by atoms with van der Waals surface area (Å²) in [5, 5.41) is 6.16. The third-order valence-corrected chi connectivity index (χ3v) is 6.68. The van der Waals surface area contributed by atoms with E-state index in [0.29, 0.717) is 12.1 Å². The lowest BCUT2D eigenvalue weighted by atomic mass is 10.0. The van der Waals surface area contributed by atoms with Crippen molar-refractivity contribution in [2.75, 3.05) is 31.5 Å². The summed E-state index contributed by atoms with van der Waals surface area (Å²) in [6, 6.07) is 7.24. The van der Waals surface area contributed by atoms with Gasteiger partial charge in [-0.05, 0) is 50.1 Å². The topological polar surface area (TPSA) is 61.4 Å². The van der Waals surface area contributed by atoms with Crippen LogP contribution in [0.1, 0.15) is 134 Å². The Labute approximate surface area is 222 Å². The molecule has 0 spiro atoms. The molecule has 0 saturated carbocycles. The van der Waals surface area contributed by atoms with Crippen molar-refractivity contribution in [2.24, 2.45) is 0 Å². The lowest BCUT2D eigenvalue weighted by Gasteiger charge is -2.21. The number of rotatable bonds is 23. The Morgan fingerprint density at radius 2 is 1.11 bits per heavy atom. The van der Waals surface area contributed by atoms with Gasteiger partial charge in [0.15, 0.2) is 0 Å². The van der Waals surface area contributed by atoms with E-state index in [1.54, 1.807) is 12.1 Å². The van der Waals surface area contributed by atoms with Gasteiger partial charge in [-0.15, -0.1) is 0 Å².